The van der Waals surface area contributed by atoms with Gasteiger partial charge in [0, 0.05) is 23.1 Å². The first kappa shape index (κ1) is 26.7. The fourth-order valence-corrected chi connectivity index (χ4v) is 5.08. The number of rotatable bonds is 7. The van der Waals surface area contributed by atoms with Crippen LogP contribution in [-0.2, 0) is 17.5 Å². The van der Waals surface area contributed by atoms with E-state index in [1.54, 1.807) is 0 Å². The van der Waals surface area contributed by atoms with E-state index in [0.717, 1.165) is 57.7 Å². The molecule has 0 saturated carbocycles. The Balaban J connectivity index is 1.42. The van der Waals surface area contributed by atoms with Gasteiger partial charge in [-0.05, 0) is 37.3 Å². The fraction of sp³-hybridized carbons (Fsp3) is 0.143. The lowest BCUT2D eigenvalue weighted by Gasteiger charge is -2.12. The molecule has 39 heavy (non-hydrogen) atoms. The second-order valence-corrected chi connectivity index (χ2v) is 9.87. The molecule has 0 unspecified atom stereocenters. The third kappa shape index (κ3) is 5.76. The van der Waals surface area contributed by atoms with Crippen LogP contribution in [0.3, 0.4) is 0 Å². The summed E-state index contributed by atoms with van der Waals surface area (Å²) in [7, 11) is 0. The van der Waals surface area contributed by atoms with E-state index in [9.17, 15) is 18.0 Å². The number of nitrogens with zero attached hydrogens (tertiary/aromatic N) is 4. The molecule has 0 radical (unpaired) electrons. The van der Waals surface area contributed by atoms with E-state index < -0.39 is 17.6 Å². The standard InChI is InChI=1S/C28H21ClF3N5OS/c1-2-37-26(20-15-23(17-8-4-3-5-9-17)33-22-11-7-6-10-19(20)22)35-36-27(37)39-16-25(38)34-24-14-18(28(30,31)32)12-13-21(24)29/h3-15H,2,16H2,1H3,(H,34,38). The summed E-state index contributed by atoms with van der Waals surface area (Å²) < 4.78 is 41.1. The number of fused-ring (bicyclic) bond motifs is 1. The smallest absolute Gasteiger partial charge is 0.324 e. The van der Waals surface area contributed by atoms with E-state index in [0.29, 0.717) is 17.5 Å². The van der Waals surface area contributed by atoms with Crippen LogP contribution < -0.4 is 5.32 Å². The number of para-hydroxylation sites is 1. The molecule has 5 rings (SSSR count). The molecule has 0 bridgehead atoms. The van der Waals surface area contributed by atoms with Crippen LogP contribution in [0.25, 0.3) is 33.5 Å². The van der Waals surface area contributed by atoms with Crippen molar-refractivity contribution in [2.45, 2.75) is 24.8 Å². The SMILES string of the molecule is CCn1c(SCC(=O)Nc2cc(C(F)(F)F)ccc2Cl)nnc1-c1cc(-c2ccccc2)nc2ccccc12. The van der Waals surface area contributed by atoms with Crippen molar-refractivity contribution < 1.29 is 18.0 Å². The third-order valence-electron chi connectivity index (χ3n) is 5.96. The lowest BCUT2D eigenvalue weighted by molar-refractivity contribution is -0.137. The van der Waals surface area contributed by atoms with E-state index >= 15 is 0 Å². The minimum absolute atomic E-state index is 0.0131. The topological polar surface area (TPSA) is 72.7 Å². The lowest BCUT2D eigenvalue weighted by Crippen LogP contribution is -2.16. The van der Waals surface area contributed by atoms with Gasteiger partial charge in [-0.1, -0.05) is 71.9 Å². The highest BCUT2D eigenvalue weighted by atomic mass is 35.5. The Kier molecular flexibility index (Phi) is 7.58. The first-order valence-electron chi connectivity index (χ1n) is 11.9. The number of aromatic nitrogens is 4. The van der Waals surface area contributed by atoms with Gasteiger partial charge in [-0.2, -0.15) is 13.2 Å². The summed E-state index contributed by atoms with van der Waals surface area (Å²) in [6.07, 6.45) is -4.55. The second-order valence-electron chi connectivity index (χ2n) is 8.52. The van der Waals surface area contributed by atoms with Crippen LogP contribution in [0.4, 0.5) is 18.9 Å². The van der Waals surface area contributed by atoms with Crippen molar-refractivity contribution in [3.63, 3.8) is 0 Å². The second kappa shape index (κ2) is 11.1. The summed E-state index contributed by atoms with van der Waals surface area (Å²) >= 11 is 7.14. The van der Waals surface area contributed by atoms with Gasteiger partial charge < -0.3 is 9.88 Å². The molecule has 0 saturated heterocycles. The molecule has 1 amide bonds. The third-order valence-corrected chi connectivity index (χ3v) is 7.26. The average molecular weight is 568 g/mol. The fourth-order valence-electron chi connectivity index (χ4n) is 4.11. The van der Waals surface area contributed by atoms with Crippen LogP contribution in [0.2, 0.25) is 5.02 Å². The van der Waals surface area contributed by atoms with E-state index in [1.165, 1.54) is 0 Å². The highest BCUT2D eigenvalue weighted by Gasteiger charge is 2.31. The van der Waals surface area contributed by atoms with Gasteiger partial charge in [0.05, 0.1) is 33.2 Å². The molecule has 3 aromatic carbocycles. The van der Waals surface area contributed by atoms with Gasteiger partial charge in [-0.15, -0.1) is 10.2 Å². The van der Waals surface area contributed by atoms with Crippen LogP contribution in [0.5, 0.6) is 0 Å². The van der Waals surface area contributed by atoms with Crippen LogP contribution in [0, 0.1) is 0 Å². The minimum Gasteiger partial charge on any atom is -0.324 e. The summed E-state index contributed by atoms with van der Waals surface area (Å²) in [5, 5.41) is 12.6. The zero-order valence-electron chi connectivity index (χ0n) is 20.5. The Morgan fingerprint density at radius 2 is 1.74 bits per heavy atom. The monoisotopic (exact) mass is 567 g/mol. The van der Waals surface area contributed by atoms with Gasteiger partial charge in [0.25, 0.3) is 0 Å². The number of carbonyl (C=O) groups is 1. The molecule has 2 aromatic heterocycles. The van der Waals surface area contributed by atoms with Crippen LogP contribution in [-0.4, -0.2) is 31.4 Å². The van der Waals surface area contributed by atoms with Crippen molar-refractivity contribution in [1.29, 1.82) is 0 Å². The van der Waals surface area contributed by atoms with E-state index in [-0.39, 0.29) is 16.5 Å². The summed E-state index contributed by atoms with van der Waals surface area (Å²) in [6, 6.07) is 22.4. The molecule has 0 spiro atoms. The molecule has 6 nitrogen and oxygen atoms in total. The number of halogens is 4. The van der Waals surface area contributed by atoms with Crippen molar-refractivity contribution >= 4 is 45.9 Å². The molecular weight excluding hydrogens is 547 g/mol. The molecule has 2 heterocycles. The van der Waals surface area contributed by atoms with Crippen molar-refractivity contribution in [2.24, 2.45) is 0 Å². The zero-order chi connectivity index (χ0) is 27.6. The highest BCUT2D eigenvalue weighted by Crippen LogP contribution is 2.35. The molecule has 1 N–H and O–H groups in total. The number of alkyl halides is 3. The van der Waals surface area contributed by atoms with Gasteiger partial charge in [-0.3, -0.25) is 4.79 Å². The molecule has 5 aromatic rings. The Bertz CT molecular complexity index is 1660. The van der Waals surface area contributed by atoms with Gasteiger partial charge in [0.1, 0.15) is 0 Å². The number of carbonyl (C=O) groups excluding carboxylic acids is 1. The predicted molar refractivity (Wildman–Crippen MR) is 148 cm³/mol. The number of amides is 1. The number of benzene rings is 3. The summed E-state index contributed by atoms with van der Waals surface area (Å²) in [5.74, 6) is 0.00289. The molecule has 11 heteroatoms. The Morgan fingerprint density at radius 1 is 1.00 bits per heavy atom. The Morgan fingerprint density at radius 3 is 2.49 bits per heavy atom. The zero-order valence-corrected chi connectivity index (χ0v) is 22.1. The van der Waals surface area contributed by atoms with E-state index in [2.05, 4.69) is 15.5 Å². The van der Waals surface area contributed by atoms with Crippen LogP contribution in [0.15, 0.2) is 84.0 Å². The number of nitrogens with one attached hydrogen (secondary N) is 1. The average Bonchev–Trinajstić information content (AvgIpc) is 3.35. The Hall–Kier alpha value is -3.89. The largest absolute Gasteiger partial charge is 0.416 e. The molecular formula is C28H21ClF3N5OS. The van der Waals surface area contributed by atoms with Gasteiger partial charge in [-0.25, -0.2) is 4.98 Å². The van der Waals surface area contributed by atoms with Crippen LogP contribution in [0.1, 0.15) is 12.5 Å². The number of thioether (sulfide) groups is 1. The summed E-state index contributed by atoms with van der Waals surface area (Å²) in [4.78, 5) is 17.4. The quantitative estimate of drug-likeness (QED) is 0.205. The molecule has 0 atom stereocenters. The molecule has 198 valence electrons. The van der Waals surface area contributed by atoms with Gasteiger partial charge >= 0.3 is 6.18 Å². The minimum atomic E-state index is -4.55. The molecule has 0 fully saturated rings. The van der Waals surface area contributed by atoms with Crippen molar-refractivity contribution in [3.05, 3.63) is 89.4 Å². The van der Waals surface area contributed by atoms with E-state index in [1.807, 2.05) is 72.2 Å². The van der Waals surface area contributed by atoms with Crippen molar-refractivity contribution in [3.8, 4) is 22.6 Å². The van der Waals surface area contributed by atoms with Crippen molar-refractivity contribution in [1.82, 2.24) is 19.7 Å². The van der Waals surface area contributed by atoms with Crippen LogP contribution >= 0.6 is 23.4 Å². The van der Waals surface area contributed by atoms with Crippen molar-refractivity contribution in [2.75, 3.05) is 11.1 Å². The number of pyridine rings is 1. The lowest BCUT2D eigenvalue weighted by atomic mass is 10.0. The first-order chi connectivity index (χ1) is 18.7. The highest BCUT2D eigenvalue weighted by molar-refractivity contribution is 7.99. The maximum Gasteiger partial charge on any atom is 0.416 e. The maximum atomic E-state index is 13.1. The molecule has 0 aliphatic carbocycles. The first-order valence-corrected chi connectivity index (χ1v) is 13.3. The predicted octanol–water partition coefficient (Wildman–Crippen LogP) is 7.58. The summed E-state index contributed by atoms with van der Waals surface area (Å²) in [6.45, 7) is 2.48. The van der Waals surface area contributed by atoms with Gasteiger partial charge in [0.15, 0.2) is 11.0 Å². The number of hydrogen-bond acceptors (Lipinski definition) is 5. The normalized spacial score (nSPS) is 11.6. The maximum absolute atomic E-state index is 13.1. The van der Waals surface area contributed by atoms with E-state index in [4.69, 9.17) is 16.6 Å². The Labute approximate surface area is 231 Å². The molecule has 0 aliphatic rings. The number of anilines is 1. The molecule has 0 aliphatic heterocycles. The number of hydrogen-bond donors (Lipinski definition) is 1. The van der Waals surface area contributed by atoms with Gasteiger partial charge in [0.2, 0.25) is 5.91 Å². The summed E-state index contributed by atoms with van der Waals surface area (Å²) in [5.41, 5.74) is 2.41.